The Morgan fingerprint density at radius 3 is 2.60 bits per heavy atom. The highest BCUT2D eigenvalue weighted by molar-refractivity contribution is 9.10. The van der Waals surface area contributed by atoms with E-state index in [1.165, 1.54) is 4.90 Å². The van der Waals surface area contributed by atoms with Gasteiger partial charge in [-0.1, -0.05) is 35.0 Å². The number of halogens is 1. The second-order valence-corrected chi connectivity index (χ2v) is 6.04. The number of carbonyl (C=O) groups excluding carboxylic acids is 2. The van der Waals surface area contributed by atoms with Crippen LogP contribution in [0.5, 0.6) is 0 Å². The number of nitrogens with zero attached hydrogens (tertiary/aromatic N) is 1. The number of nitrogens with one attached hydrogen (secondary N) is 1. The van der Waals surface area contributed by atoms with Crippen LogP contribution in [-0.2, 0) is 16.1 Å². The van der Waals surface area contributed by atoms with Gasteiger partial charge in [0.1, 0.15) is 0 Å². The Morgan fingerprint density at radius 1 is 1.35 bits per heavy atom. The highest BCUT2D eigenvalue weighted by Gasteiger charge is 2.40. The first kappa shape index (κ1) is 15.2. The molecule has 4 nitrogen and oxygen atoms in total. The lowest BCUT2D eigenvalue weighted by atomic mass is 10.2. The molecule has 0 spiro atoms. The van der Waals surface area contributed by atoms with Gasteiger partial charge in [-0.05, 0) is 31.0 Å². The van der Waals surface area contributed by atoms with Crippen molar-refractivity contribution < 1.29 is 9.59 Å². The van der Waals surface area contributed by atoms with Crippen LogP contribution in [0.3, 0.4) is 0 Å². The Kier molecular flexibility index (Phi) is 4.94. The van der Waals surface area contributed by atoms with Crippen molar-refractivity contribution in [1.82, 2.24) is 10.2 Å². The highest BCUT2D eigenvalue weighted by atomic mass is 79.9. The molecule has 1 saturated heterocycles. The summed E-state index contributed by atoms with van der Waals surface area (Å²) in [6.45, 7) is 4.48. The van der Waals surface area contributed by atoms with Gasteiger partial charge in [0.25, 0.3) is 0 Å². The summed E-state index contributed by atoms with van der Waals surface area (Å²) in [5.41, 5.74) is 1.09. The van der Waals surface area contributed by atoms with E-state index in [2.05, 4.69) is 21.2 Å². The van der Waals surface area contributed by atoms with E-state index in [1.807, 2.05) is 38.1 Å². The number of rotatable bonds is 5. The van der Waals surface area contributed by atoms with E-state index < -0.39 is 0 Å². The molecule has 2 amide bonds. The Hall–Kier alpha value is -1.20. The summed E-state index contributed by atoms with van der Waals surface area (Å²) < 4.78 is 1.02. The van der Waals surface area contributed by atoms with E-state index in [1.54, 1.807) is 0 Å². The molecule has 1 N–H and O–H groups in total. The molecule has 1 aromatic rings. The Balaban J connectivity index is 1.96. The Bertz CT molecular complexity index is 501. The molecule has 1 aliphatic rings. The van der Waals surface area contributed by atoms with Gasteiger partial charge in [0.05, 0.1) is 12.5 Å². The average Bonchev–Trinajstić information content (AvgIpc) is 2.72. The van der Waals surface area contributed by atoms with Crippen LogP contribution >= 0.6 is 15.9 Å². The molecule has 1 aliphatic heterocycles. The van der Waals surface area contributed by atoms with E-state index in [4.69, 9.17) is 0 Å². The molecule has 2 unspecified atom stereocenters. The second-order valence-electron chi connectivity index (χ2n) is 5.12. The first-order valence-corrected chi connectivity index (χ1v) is 7.66. The summed E-state index contributed by atoms with van der Waals surface area (Å²) >= 11 is 3.39. The van der Waals surface area contributed by atoms with Crippen LogP contribution in [0.1, 0.15) is 32.3 Å². The van der Waals surface area contributed by atoms with Gasteiger partial charge in [-0.3, -0.25) is 14.5 Å². The third-order valence-electron chi connectivity index (χ3n) is 3.68. The maximum absolute atomic E-state index is 12.2. The quantitative estimate of drug-likeness (QED) is 0.839. The molecule has 20 heavy (non-hydrogen) atoms. The minimum Gasteiger partial charge on any atom is -0.301 e. The fourth-order valence-corrected chi connectivity index (χ4v) is 2.56. The van der Waals surface area contributed by atoms with Crippen LogP contribution in [0.15, 0.2) is 28.7 Å². The van der Waals surface area contributed by atoms with Gasteiger partial charge in [-0.15, -0.1) is 0 Å². The zero-order valence-corrected chi connectivity index (χ0v) is 13.3. The van der Waals surface area contributed by atoms with Crippen molar-refractivity contribution in [2.45, 2.75) is 45.3 Å². The van der Waals surface area contributed by atoms with Crippen molar-refractivity contribution >= 4 is 27.7 Å². The first-order valence-electron chi connectivity index (χ1n) is 6.86. The largest absolute Gasteiger partial charge is 0.301 e. The number of amides is 2. The fraction of sp³-hybridized carbons (Fsp3) is 0.467. The molecular weight excluding hydrogens is 320 g/mol. The predicted octanol–water partition coefficient (Wildman–Crippen LogP) is 2.46. The lowest BCUT2D eigenvalue weighted by Crippen LogP contribution is -2.42. The number of benzene rings is 1. The van der Waals surface area contributed by atoms with Crippen molar-refractivity contribution in [1.29, 1.82) is 0 Å². The SMILES string of the molecule is CCC(C)N1C(=O)CC(NCc2ccc(Br)cc2)C1=O. The molecule has 1 fully saturated rings. The number of likely N-dealkylation sites (tertiary alicyclic amines) is 1. The minimum atomic E-state index is -0.389. The molecule has 0 aromatic heterocycles. The van der Waals surface area contributed by atoms with E-state index in [0.717, 1.165) is 16.5 Å². The molecule has 2 atom stereocenters. The molecule has 0 radical (unpaired) electrons. The van der Waals surface area contributed by atoms with E-state index >= 15 is 0 Å². The van der Waals surface area contributed by atoms with Crippen LogP contribution in [0.2, 0.25) is 0 Å². The molecule has 0 aliphatic carbocycles. The fourth-order valence-electron chi connectivity index (χ4n) is 2.30. The zero-order valence-electron chi connectivity index (χ0n) is 11.7. The van der Waals surface area contributed by atoms with Crippen molar-refractivity contribution in [3.8, 4) is 0 Å². The zero-order chi connectivity index (χ0) is 14.7. The van der Waals surface area contributed by atoms with Crippen LogP contribution in [0.25, 0.3) is 0 Å². The third kappa shape index (κ3) is 3.27. The third-order valence-corrected chi connectivity index (χ3v) is 4.21. The molecule has 1 aromatic carbocycles. The Labute approximate surface area is 127 Å². The summed E-state index contributed by atoms with van der Waals surface area (Å²) in [5, 5.41) is 3.18. The van der Waals surface area contributed by atoms with Crippen molar-refractivity contribution in [2.24, 2.45) is 0 Å². The van der Waals surface area contributed by atoms with Gasteiger partial charge in [-0.25, -0.2) is 0 Å². The van der Waals surface area contributed by atoms with E-state index in [9.17, 15) is 9.59 Å². The van der Waals surface area contributed by atoms with Crippen LogP contribution < -0.4 is 5.32 Å². The summed E-state index contributed by atoms with van der Waals surface area (Å²) in [6.07, 6.45) is 1.05. The van der Waals surface area contributed by atoms with Gasteiger partial charge in [-0.2, -0.15) is 0 Å². The number of carbonyl (C=O) groups is 2. The standard InChI is InChI=1S/C15H19BrN2O2/c1-3-10(2)18-14(19)8-13(15(18)20)17-9-11-4-6-12(16)7-5-11/h4-7,10,13,17H,3,8-9H2,1-2H3. The summed E-state index contributed by atoms with van der Waals surface area (Å²) in [4.78, 5) is 25.5. The van der Waals surface area contributed by atoms with Gasteiger partial charge in [0, 0.05) is 17.1 Å². The van der Waals surface area contributed by atoms with Crippen molar-refractivity contribution in [2.75, 3.05) is 0 Å². The summed E-state index contributed by atoms with van der Waals surface area (Å²) in [6, 6.07) is 7.50. The lowest BCUT2D eigenvalue weighted by molar-refractivity contribution is -0.141. The van der Waals surface area contributed by atoms with Gasteiger partial charge in [0.2, 0.25) is 11.8 Å². The van der Waals surface area contributed by atoms with Gasteiger partial charge >= 0.3 is 0 Å². The normalized spacial score (nSPS) is 20.6. The van der Waals surface area contributed by atoms with Crippen molar-refractivity contribution in [3.05, 3.63) is 34.3 Å². The van der Waals surface area contributed by atoms with Crippen molar-refractivity contribution in [3.63, 3.8) is 0 Å². The average molecular weight is 339 g/mol. The highest BCUT2D eigenvalue weighted by Crippen LogP contribution is 2.18. The molecule has 108 valence electrons. The van der Waals surface area contributed by atoms with Crippen LogP contribution in [0, 0.1) is 0 Å². The Morgan fingerprint density at radius 2 is 2.00 bits per heavy atom. The molecule has 5 heteroatoms. The monoisotopic (exact) mass is 338 g/mol. The van der Waals surface area contributed by atoms with Crippen LogP contribution in [0.4, 0.5) is 0 Å². The number of imide groups is 1. The topological polar surface area (TPSA) is 49.4 Å². The molecular formula is C15H19BrN2O2. The summed E-state index contributed by atoms with van der Waals surface area (Å²) in [7, 11) is 0. The maximum Gasteiger partial charge on any atom is 0.247 e. The smallest absolute Gasteiger partial charge is 0.247 e. The number of hydrogen-bond donors (Lipinski definition) is 1. The second kappa shape index (κ2) is 6.50. The molecule has 0 bridgehead atoms. The predicted molar refractivity (Wildman–Crippen MR) is 81.0 cm³/mol. The first-order chi connectivity index (χ1) is 9.52. The summed E-state index contributed by atoms with van der Waals surface area (Å²) in [5.74, 6) is -0.167. The maximum atomic E-state index is 12.2. The lowest BCUT2D eigenvalue weighted by Gasteiger charge is -2.21. The van der Waals surface area contributed by atoms with Gasteiger partial charge in [0.15, 0.2) is 0 Å². The van der Waals surface area contributed by atoms with Gasteiger partial charge < -0.3 is 5.32 Å². The molecule has 2 rings (SSSR count). The number of hydrogen-bond acceptors (Lipinski definition) is 3. The van der Waals surface area contributed by atoms with E-state index in [-0.39, 0.29) is 30.3 Å². The minimum absolute atomic E-state index is 0.0190. The molecule has 1 heterocycles. The van der Waals surface area contributed by atoms with E-state index in [0.29, 0.717) is 6.54 Å². The van der Waals surface area contributed by atoms with Crippen LogP contribution in [-0.4, -0.2) is 28.8 Å². The molecule has 0 saturated carbocycles.